The Morgan fingerprint density at radius 1 is 1.35 bits per heavy atom. The Hall–Kier alpha value is -1.39. The van der Waals surface area contributed by atoms with Crippen LogP contribution in [0.2, 0.25) is 0 Å². The Balaban J connectivity index is 2.28. The average Bonchev–Trinajstić information content (AvgIpc) is 2.71. The SMILES string of the molecule is CCC(C(C)C)C1CNc2ccc(OC(F)(F)F)cc21. The van der Waals surface area contributed by atoms with Gasteiger partial charge in [-0.25, -0.2) is 0 Å². The van der Waals surface area contributed by atoms with Gasteiger partial charge in [0.1, 0.15) is 5.75 Å². The number of rotatable bonds is 4. The molecule has 2 nitrogen and oxygen atoms in total. The van der Waals surface area contributed by atoms with Crippen molar-refractivity contribution in [1.29, 1.82) is 0 Å². The minimum Gasteiger partial charge on any atom is -0.406 e. The fourth-order valence-corrected chi connectivity index (χ4v) is 3.14. The molecule has 1 N–H and O–H groups in total. The molecule has 0 saturated carbocycles. The average molecular weight is 287 g/mol. The summed E-state index contributed by atoms with van der Waals surface area (Å²) in [4.78, 5) is 0. The maximum Gasteiger partial charge on any atom is 0.573 e. The molecule has 0 fully saturated rings. The fraction of sp³-hybridized carbons (Fsp3) is 0.600. The molecule has 2 rings (SSSR count). The van der Waals surface area contributed by atoms with Gasteiger partial charge in [-0.1, -0.05) is 27.2 Å². The van der Waals surface area contributed by atoms with Crippen LogP contribution in [0.5, 0.6) is 5.75 Å². The van der Waals surface area contributed by atoms with Gasteiger partial charge in [0.15, 0.2) is 0 Å². The first-order valence-corrected chi connectivity index (χ1v) is 6.95. The number of alkyl halides is 3. The van der Waals surface area contributed by atoms with E-state index in [0.717, 1.165) is 24.2 Å². The van der Waals surface area contributed by atoms with Crippen molar-refractivity contribution in [2.75, 3.05) is 11.9 Å². The van der Waals surface area contributed by atoms with E-state index in [1.54, 1.807) is 6.07 Å². The topological polar surface area (TPSA) is 21.3 Å². The molecule has 0 radical (unpaired) electrons. The summed E-state index contributed by atoms with van der Waals surface area (Å²) in [5.41, 5.74) is 1.86. The molecule has 1 aromatic rings. The molecule has 0 aliphatic carbocycles. The Kier molecular flexibility index (Phi) is 4.16. The minimum atomic E-state index is -4.64. The number of nitrogens with one attached hydrogen (secondary N) is 1. The molecule has 2 unspecified atom stereocenters. The predicted molar refractivity (Wildman–Crippen MR) is 73.0 cm³/mol. The van der Waals surface area contributed by atoms with Gasteiger partial charge in [0, 0.05) is 18.2 Å². The first-order chi connectivity index (χ1) is 9.31. The maximum atomic E-state index is 12.3. The van der Waals surface area contributed by atoms with Gasteiger partial charge in [-0.15, -0.1) is 13.2 Å². The van der Waals surface area contributed by atoms with Crippen molar-refractivity contribution >= 4 is 5.69 Å². The lowest BCUT2D eigenvalue weighted by Crippen LogP contribution is -2.20. The molecule has 0 saturated heterocycles. The molecular weight excluding hydrogens is 267 g/mol. The standard InChI is InChI=1S/C15H20F3NO/c1-4-11(9(2)3)13-8-19-14-6-5-10(7-12(13)14)20-15(16,17)18/h5-7,9,11,13,19H,4,8H2,1-3H3. The molecular formula is C15H20F3NO. The van der Waals surface area contributed by atoms with Crippen LogP contribution in [0, 0.1) is 11.8 Å². The van der Waals surface area contributed by atoms with Crippen LogP contribution >= 0.6 is 0 Å². The third kappa shape index (κ3) is 3.19. The number of hydrogen-bond donors (Lipinski definition) is 1. The van der Waals surface area contributed by atoms with Gasteiger partial charge >= 0.3 is 6.36 Å². The second kappa shape index (κ2) is 5.54. The van der Waals surface area contributed by atoms with Crippen molar-refractivity contribution in [3.05, 3.63) is 23.8 Å². The molecule has 0 amide bonds. The van der Waals surface area contributed by atoms with Gasteiger partial charge in [-0.05, 0) is 35.6 Å². The van der Waals surface area contributed by atoms with Crippen molar-refractivity contribution in [3.63, 3.8) is 0 Å². The molecule has 0 aromatic heterocycles. The third-order valence-electron chi connectivity index (χ3n) is 4.01. The monoisotopic (exact) mass is 287 g/mol. The maximum absolute atomic E-state index is 12.3. The minimum absolute atomic E-state index is 0.136. The van der Waals surface area contributed by atoms with E-state index >= 15 is 0 Å². The van der Waals surface area contributed by atoms with Gasteiger partial charge < -0.3 is 10.1 Å². The van der Waals surface area contributed by atoms with Crippen molar-refractivity contribution < 1.29 is 17.9 Å². The van der Waals surface area contributed by atoms with E-state index in [9.17, 15) is 13.2 Å². The summed E-state index contributed by atoms with van der Waals surface area (Å²) in [6.07, 6.45) is -3.63. The van der Waals surface area contributed by atoms with Crippen LogP contribution in [0.15, 0.2) is 18.2 Å². The lowest BCUT2D eigenvalue weighted by Gasteiger charge is -2.26. The lowest BCUT2D eigenvalue weighted by molar-refractivity contribution is -0.274. The van der Waals surface area contributed by atoms with E-state index in [4.69, 9.17) is 0 Å². The zero-order chi connectivity index (χ0) is 14.9. The Bertz CT molecular complexity index is 471. The summed E-state index contributed by atoms with van der Waals surface area (Å²) >= 11 is 0. The molecule has 0 bridgehead atoms. The van der Waals surface area contributed by atoms with Crippen LogP contribution in [0.4, 0.5) is 18.9 Å². The van der Waals surface area contributed by atoms with Gasteiger partial charge in [0.2, 0.25) is 0 Å². The van der Waals surface area contributed by atoms with Gasteiger partial charge in [0.25, 0.3) is 0 Å². The molecule has 112 valence electrons. The fourth-order valence-electron chi connectivity index (χ4n) is 3.14. The molecule has 1 aliphatic rings. The van der Waals surface area contributed by atoms with E-state index < -0.39 is 6.36 Å². The summed E-state index contributed by atoms with van der Waals surface area (Å²) in [7, 11) is 0. The number of fused-ring (bicyclic) bond motifs is 1. The van der Waals surface area contributed by atoms with Crippen molar-refractivity contribution in [1.82, 2.24) is 0 Å². The summed E-state index contributed by atoms with van der Waals surface area (Å²) in [6, 6.07) is 4.56. The summed E-state index contributed by atoms with van der Waals surface area (Å²) < 4.78 is 40.9. The number of ether oxygens (including phenoxy) is 1. The van der Waals surface area contributed by atoms with Crippen LogP contribution in [0.3, 0.4) is 0 Å². The largest absolute Gasteiger partial charge is 0.573 e. The van der Waals surface area contributed by atoms with Crippen LogP contribution in [0.25, 0.3) is 0 Å². The Morgan fingerprint density at radius 2 is 2.05 bits per heavy atom. The van der Waals surface area contributed by atoms with Crippen molar-refractivity contribution in [3.8, 4) is 5.75 Å². The van der Waals surface area contributed by atoms with E-state index in [1.165, 1.54) is 12.1 Å². The number of halogens is 3. The summed E-state index contributed by atoms with van der Waals surface area (Å²) in [6.45, 7) is 7.21. The molecule has 1 aromatic carbocycles. The van der Waals surface area contributed by atoms with Crippen LogP contribution in [-0.4, -0.2) is 12.9 Å². The highest BCUT2D eigenvalue weighted by molar-refractivity contribution is 5.60. The summed E-state index contributed by atoms with van der Waals surface area (Å²) in [5.74, 6) is 1.05. The van der Waals surface area contributed by atoms with E-state index in [0.29, 0.717) is 11.8 Å². The molecule has 0 spiro atoms. The highest BCUT2D eigenvalue weighted by atomic mass is 19.4. The highest BCUT2D eigenvalue weighted by Gasteiger charge is 2.34. The Morgan fingerprint density at radius 3 is 2.60 bits per heavy atom. The third-order valence-corrected chi connectivity index (χ3v) is 4.01. The molecule has 1 aliphatic heterocycles. The van der Waals surface area contributed by atoms with E-state index in [1.807, 2.05) is 0 Å². The highest BCUT2D eigenvalue weighted by Crippen LogP contribution is 2.42. The first kappa shape index (κ1) is 15.0. The second-order valence-corrected chi connectivity index (χ2v) is 5.60. The van der Waals surface area contributed by atoms with Gasteiger partial charge in [-0.2, -0.15) is 0 Å². The number of benzene rings is 1. The smallest absolute Gasteiger partial charge is 0.406 e. The number of anilines is 1. The van der Waals surface area contributed by atoms with Crippen molar-refractivity contribution in [2.45, 2.75) is 39.5 Å². The zero-order valence-electron chi connectivity index (χ0n) is 11.9. The molecule has 20 heavy (non-hydrogen) atoms. The second-order valence-electron chi connectivity index (χ2n) is 5.60. The normalized spacial score (nSPS) is 19.6. The lowest BCUT2D eigenvalue weighted by atomic mass is 9.79. The molecule has 1 heterocycles. The van der Waals surface area contributed by atoms with E-state index in [2.05, 4.69) is 30.8 Å². The zero-order valence-corrected chi connectivity index (χ0v) is 11.9. The molecule has 5 heteroatoms. The quantitative estimate of drug-likeness (QED) is 0.860. The first-order valence-electron chi connectivity index (χ1n) is 6.95. The van der Waals surface area contributed by atoms with Crippen LogP contribution in [0.1, 0.15) is 38.7 Å². The van der Waals surface area contributed by atoms with E-state index in [-0.39, 0.29) is 11.7 Å². The van der Waals surface area contributed by atoms with Gasteiger partial charge in [0.05, 0.1) is 0 Å². The van der Waals surface area contributed by atoms with Crippen LogP contribution in [-0.2, 0) is 0 Å². The predicted octanol–water partition coefficient (Wildman–Crippen LogP) is 4.78. The van der Waals surface area contributed by atoms with Crippen LogP contribution < -0.4 is 10.1 Å². The van der Waals surface area contributed by atoms with Gasteiger partial charge in [-0.3, -0.25) is 0 Å². The molecule has 2 atom stereocenters. The van der Waals surface area contributed by atoms with Crippen molar-refractivity contribution in [2.24, 2.45) is 11.8 Å². The summed E-state index contributed by atoms with van der Waals surface area (Å²) in [5, 5.41) is 3.27. The number of hydrogen-bond acceptors (Lipinski definition) is 2. The Labute approximate surface area is 117 Å².